The van der Waals surface area contributed by atoms with Crippen molar-refractivity contribution in [1.29, 1.82) is 0 Å². The molecule has 0 aliphatic heterocycles. The third-order valence-corrected chi connectivity index (χ3v) is 8.22. The van der Waals surface area contributed by atoms with Gasteiger partial charge in [-0.05, 0) is 123 Å². The normalized spacial score (nSPS) is 30.7. The zero-order valence-electron chi connectivity index (χ0n) is 18.3. The van der Waals surface area contributed by atoms with Gasteiger partial charge in [-0.25, -0.2) is 0 Å². The minimum absolute atomic E-state index is 0.701. The first kappa shape index (κ1) is 20.0. The Labute approximate surface area is 183 Å². The Bertz CT molecular complexity index is 787. The monoisotopic (exact) mass is 398 g/mol. The van der Waals surface area contributed by atoms with Crippen molar-refractivity contribution in [2.45, 2.75) is 64.2 Å². The number of nitrogens with zero attached hydrogens (tertiary/aromatic N) is 1. The molecule has 4 aliphatic carbocycles. The lowest BCUT2D eigenvalue weighted by molar-refractivity contribution is -0.0599. The van der Waals surface area contributed by atoms with Gasteiger partial charge in [-0.1, -0.05) is 42.5 Å². The molecule has 4 saturated carbocycles. The van der Waals surface area contributed by atoms with E-state index in [2.05, 4.69) is 66.0 Å². The fourth-order valence-electron chi connectivity index (χ4n) is 7.20. The van der Waals surface area contributed by atoms with Crippen molar-refractivity contribution in [2.24, 2.45) is 29.1 Å². The van der Waals surface area contributed by atoms with Crippen LogP contribution >= 0.6 is 0 Å². The summed E-state index contributed by atoms with van der Waals surface area (Å²) in [4.78, 5) is 4.17. The standard InChI is InChI=1S/C29H36N/c1-2-5-23(6-3-1)7-4-8-24(9-10-25-12-15-30-16-13-25)11-14-29-20-26-17-27(21-29)19-28(18-26)22-29/h1-7,10,12-13,15-16,24,26-28H,8-9,11,14,17-22H2/b7-4+. The maximum absolute atomic E-state index is 4.17. The molecule has 0 amide bonds. The number of allylic oxidation sites excluding steroid dienone is 1. The Kier molecular flexibility index (Phi) is 6.07. The third-order valence-electron chi connectivity index (χ3n) is 8.22. The van der Waals surface area contributed by atoms with Crippen molar-refractivity contribution in [1.82, 2.24) is 4.98 Å². The molecule has 1 heterocycles. The topological polar surface area (TPSA) is 12.9 Å². The molecule has 4 bridgehead atoms. The van der Waals surface area contributed by atoms with Gasteiger partial charge >= 0.3 is 0 Å². The first-order chi connectivity index (χ1) is 14.8. The summed E-state index contributed by atoms with van der Waals surface area (Å²) in [6.45, 7) is 0. The Hall–Kier alpha value is -1.89. The van der Waals surface area contributed by atoms with E-state index in [0.717, 1.165) is 23.7 Å². The number of hydrogen-bond acceptors (Lipinski definition) is 1. The quantitative estimate of drug-likeness (QED) is 0.421. The highest BCUT2D eigenvalue weighted by atomic mass is 14.6. The summed E-state index contributed by atoms with van der Waals surface area (Å²) >= 11 is 0. The second-order valence-electron chi connectivity index (χ2n) is 10.6. The molecule has 0 saturated heterocycles. The average Bonchev–Trinajstić information content (AvgIpc) is 2.76. The van der Waals surface area contributed by atoms with E-state index in [1.54, 1.807) is 38.5 Å². The zero-order valence-corrected chi connectivity index (χ0v) is 18.3. The van der Waals surface area contributed by atoms with E-state index >= 15 is 0 Å². The molecule has 0 spiro atoms. The van der Waals surface area contributed by atoms with Gasteiger partial charge in [0.25, 0.3) is 0 Å². The summed E-state index contributed by atoms with van der Waals surface area (Å²) in [5, 5.41) is 0. The lowest BCUT2D eigenvalue weighted by Gasteiger charge is -2.57. The Morgan fingerprint density at radius 1 is 0.833 bits per heavy atom. The maximum atomic E-state index is 4.17. The van der Waals surface area contributed by atoms with Gasteiger partial charge in [0.1, 0.15) is 0 Å². The maximum Gasteiger partial charge on any atom is 0.0270 e. The highest BCUT2D eigenvalue weighted by Gasteiger charge is 2.50. The smallest absolute Gasteiger partial charge is 0.0270 e. The van der Waals surface area contributed by atoms with Crippen LogP contribution in [0.2, 0.25) is 0 Å². The number of benzene rings is 1. The Morgan fingerprint density at radius 3 is 2.17 bits per heavy atom. The van der Waals surface area contributed by atoms with E-state index in [-0.39, 0.29) is 0 Å². The summed E-state index contributed by atoms with van der Waals surface area (Å²) in [7, 11) is 0. The molecule has 4 aliphatic rings. The molecule has 1 radical (unpaired) electrons. The zero-order chi connectivity index (χ0) is 20.2. The van der Waals surface area contributed by atoms with Crippen LogP contribution < -0.4 is 0 Å². The van der Waals surface area contributed by atoms with Gasteiger partial charge in [0.15, 0.2) is 0 Å². The van der Waals surface area contributed by atoms with Crippen molar-refractivity contribution < 1.29 is 0 Å². The van der Waals surface area contributed by atoms with Crippen molar-refractivity contribution in [3.63, 3.8) is 0 Å². The Morgan fingerprint density at radius 2 is 1.50 bits per heavy atom. The molecule has 1 atom stereocenters. The fourth-order valence-corrected chi connectivity index (χ4v) is 7.20. The summed E-state index contributed by atoms with van der Waals surface area (Å²) in [6, 6.07) is 15.0. The molecule has 4 fully saturated rings. The van der Waals surface area contributed by atoms with Gasteiger partial charge in [-0.2, -0.15) is 0 Å². The highest BCUT2D eigenvalue weighted by Crippen LogP contribution is 2.61. The molecule has 6 rings (SSSR count). The van der Waals surface area contributed by atoms with Crippen molar-refractivity contribution >= 4 is 6.08 Å². The minimum Gasteiger partial charge on any atom is -0.265 e. The van der Waals surface area contributed by atoms with Crippen LogP contribution in [-0.2, 0) is 0 Å². The van der Waals surface area contributed by atoms with E-state index in [0.29, 0.717) is 5.41 Å². The van der Waals surface area contributed by atoms with Gasteiger partial charge in [0, 0.05) is 12.4 Å². The molecule has 1 heteroatoms. The molecule has 30 heavy (non-hydrogen) atoms. The lowest BCUT2D eigenvalue weighted by atomic mass is 9.48. The van der Waals surface area contributed by atoms with Gasteiger partial charge in [0.05, 0.1) is 0 Å². The van der Waals surface area contributed by atoms with Crippen LogP contribution in [0.15, 0.2) is 60.9 Å². The van der Waals surface area contributed by atoms with Gasteiger partial charge in [0.2, 0.25) is 0 Å². The van der Waals surface area contributed by atoms with Crippen molar-refractivity contribution in [2.75, 3.05) is 0 Å². The SMILES string of the molecule is [CH](CC(C/C=C/c1ccccc1)CCC12CC3CC(CC(C3)C1)C2)c1ccncc1. The number of rotatable bonds is 9. The molecule has 1 aromatic heterocycles. The van der Waals surface area contributed by atoms with Gasteiger partial charge < -0.3 is 0 Å². The van der Waals surface area contributed by atoms with Crippen molar-refractivity contribution in [3.8, 4) is 0 Å². The fraction of sp³-hybridized carbons (Fsp3) is 0.517. The van der Waals surface area contributed by atoms with E-state index in [4.69, 9.17) is 0 Å². The molecule has 0 N–H and O–H groups in total. The molecular formula is C29H36N. The van der Waals surface area contributed by atoms with Crippen molar-refractivity contribution in [3.05, 3.63) is 78.5 Å². The van der Waals surface area contributed by atoms with Crippen LogP contribution in [0.25, 0.3) is 6.08 Å². The van der Waals surface area contributed by atoms with Gasteiger partial charge in [-0.15, -0.1) is 0 Å². The van der Waals surface area contributed by atoms with Crippen LogP contribution in [0.5, 0.6) is 0 Å². The summed E-state index contributed by atoms with van der Waals surface area (Å²) < 4.78 is 0. The van der Waals surface area contributed by atoms with Crippen LogP contribution in [0, 0.1) is 35.5 Å². The molecular weight excluding hydrogens is 362 g/mol. The first-order valence-electron chi connectivity index (χ1n) is 12.2. The van der Waals surface area contributed by atoms with E-state index in [1.807, 2.05) is 12.4 Å². The third kappa shape index (κ3) is 4.88. The van der Waals surface area contributed by atoms with E-state index < -0.39 is 0 Å². The van der Waals surface area contributed by atoms with Crippen LogP contribution in [0.1, 0.15) is 75.3 Å². The predicted molar refractivity (Wildman–Crippen MR) is 126 cm³/mol. The summed E-state index contributed by atoms with van der Waals surface area (Å²) in [5.74, 6) is 3.94. The lowest BCUT2D eigenvalue weighted by Crippen LogP contribution is -2.46. The number of pyridine rings is 1. The predicted octanol–water partition coefficient (Wildman–Crippen LogP) is 7.74. The first-order valence-corrected chi connectivity index (χ1v) is 12.2. The molecule has 157 valence electrons. The summed E-state index contributed by atoms with van der Waals surface area (Å²) in [5.41, 5.74) is 3.33. The number of aromatic nitrogens is 1. The number of hydrogen-bond donors (Lipinski definition) is 0. The molecule has 1 aromatic carbocycles. The van der Waals surface area contributed by atoms with Crippen LogP contribution in [-0.4, -0.2) is 4.98 Å². The van der Waals surface area contributed by atoms with Crippen LogP contribution in [0.3, 0.4) is 0 Å². The van der Waals surface area contributed by atoms with E-state index in [1.165, 1.54) is 36.8 Å². The van der Waals surface area contributed by atoms with E-state index in [9.17, 15) is 0 Å². The second kappa shape index (κ2) is 9.08. The second-order valence-corrected chi connectivity index (χ2v) is 10.6. The molecule has 1 unspecified atom stereocenters. The summed E-state index contributed by atoms with van der Waals surface area (Å²) in [6.07, 6.45) is 25.5. The molecule has 1 nitrogen and oxygen atoms in total. The molecule has 2 aromatic rings. The van der Waals surface area contributed by atoms with Crippen LogP contribution in [0.4, 0.5) is 0 Å². The highest BCUT2D eigenvalue weighted by molar-refractivity contribution is 5.48. The minimum atomic E-state index is 0.701. The average molecular weight is 399 g/mol. The largest absolute Gasteiger partial charge is 0.265 e. The Balaban J connectivity index is 1.21. The van der Waals surface area contributed by atoms with Gasteiger partial charge in [-0.3, -0.25) is 4.98 Å².